The minimum Gasteiger partial charge on any atom is -0.309 e. The highest BCUT2D eigenvalue weighted by molar-refractivity contribution is 8.00. The maximum Gasteiger partial charge on any atom is 0.0714 e. The van der Waals surface area contributed by atoms with Gasteiger partial charge in [0.15, 0.2) is 0 Å². The van der Waals surface area contributed by atoms with E-state index in [-0.39, 0.29) is 0 Å². The lowest BCUT2D eigenvalue weighted by Crippen LogP contribution is -2.28. The van der Waals surface area contributed by atoms with E-state index in [0.717, 1.165) is 17.1 Å². The second kappa shape index (κ2) is 14.6. The molecule has 0 N–H and O–H groups in total. The lowest BCUT2D eigenvalue weighted by molar-refractivity contribution is 0.768. The van der Waals surface area contributed by atoms with E-state index >= 15 is 0 Å². The second-order valence-corrected chi connectivity index (χ2v) is 17.5. The molecule has 0 bridgehead atoms. The van der Waals surface area contributed by atoms with Gasteiger partial charge in [0, 0.05) is 32.9 Å². The van der Waals surface area contributed by atoms with Gasteiger partial charge < -0.3 is 4.90 Å². The van der Waals surface area contributed by atoms with Gasteiger partial charge in [-0.3, -0.25) is 0 Å². The van der Waals surface area contributed by atoms with Gasteiger partial charge in [-0.05, 0) is 91.2 Å². The summed E-state index contributed by atoms with van der Waals surface area (Å²) < 4.78 is 0. The Labute approximate surface area is 362 Å². The summed E-state index contributed by atoms with van der Waals surface area (Å²) in [6, 6.07) is 81.0. The number of anilines is 3. The van der Waals surface area contributed by atoms with Crippen LogP contribution in [0.3, 0.4) is 0 Å². The number of thioether (sulfide) groups is 1. The van der Waals surface area contributed by atoms with Crippen LogP contribution >= 0.6 is 11.8 Å². The molecule has 9 aromatic carbocycles. The third-order valence-electron chi connectivity index (χ3n) is 13.1. The van der Waals surface area contributed by atoms with Crippen LogP contribution in [0.2, 0.25) is 0 Å². The molecule has 0 spiro atoms. The zero-order chi connectivity index (χ0) is 40.3. The van der Waals surface area contributed by atoms with Crippen molar-refractivity contribution in [3.63, 3.8) is 0 Å². The molecule has 0 radical (unpaired) electrons. The van der Waals surface area contributed by atoms with Gasteiger partial charge in [-0.15, -0.1) is 11.8 Å². The predicted molar refractivity (Wildman–Crippen MR) is 257 cm³/mol. The first-order valence-electron chi connectivity index (χ1n) is 21.3. The Kier molecular flexibility index (Phi) is 8.54. The van der Waals surface area contributed by atoms with Crippen LogP contribution < -0.4 is 4.90 Å². The Hall–Kier alpha value is -7.13. The fourth-order valence-electron chi connectivity index (χ4n) is 10.6. The van der Waals surface area contributed by atoms with E-state index in [9.17, 15) is 0 Å². The van der Waals surface area contributed by atoms with E-state index in [1.807, 2.05) is 11.8 Å². The summed E-state index contributed by atoms with van der Waals surface area (Å²) in [4.78, 5) is 3.93. The molecule has 9 aromatic rings. The molecule has 0 fully saturated rings. The van der Waals surface area contributed by atoms with Gasteiger partial charge in [0.1, 0.15) is 0 Å². The number of allylic oxidation sites excluding steroid dienone is 3. The fourth-order valence-corrected chi connectivity index (χ4v) is 12.0. The second-order valence-electron chi connectivity index (χ2n) is 16.3. The highest BCUT2D eigenvalue weighted by atomic mass is 32.2. The molecular weight excluding hydrogens is 755 g/mol. The van der Waals surface area contributed by atoms with E-state index in [4.69, 9.17) is 0 Å². The molecule has 288 valence electrons. The third-order valence-corrected chi connectivity index (χ3v) is 14.5. The quantitative estimate of drug-likeness (QED) is 0.158. The van der Waals surface area contributed by atoms with E-state index < -0.39 is 5.41 Å². The van der Waals surface area contributed by atoms with Gasteiger partial charge in [-0.1, -0.05) is 206 Å². The lowest BCUT2D eigenvalue weighted by atomic mass is 9.68. The molecule has 0 aromatic heterocycles. The molecule has 0 saturated heterocycles. The lowest BCUT2D eigenvalue weighted by Gasteiger charge is -2.35. The fraction of sp³-hybridized carbons (Fsp3) is 0.0508. The average Bonchev–Trinajstić information content (AvgIpc) is 3.87. The Bertz CT molecular complexity index is 3130. The van der Waals surface area contributed by atoms with Crippen LogP contribution in [0.25, 0.3) is 38.6 Å². The Morgan fingerprint density at radius 1 is 0.459 bits per heavy atom. The third kappa shape index (κ3) is 5.56. The first-order valence-corrected chi connectivity index (χ1v) is 22.1. The van der Waals surface area contributed by atoms with Gasteiger partial charge in [0.25, 0.3) is 0 Å². The molecule has 2 aliphatic carbocycles. The number of nitrogens with zero attached hydrogens (tertiary/aromatic N) is 1. The largest absolute Gasteiger partial charge is 0.309 e. The summed E-state index contributed by atoms with van der Waals surface area (Å²) in [6.45, 7) is 0. The number of fused-ring (bicyclic) bond motifs is 7. The summed E-state index contributed by atoms with van der Waals surface area (Å²) in [5.74, 6) is 0.330. The highest BCUT2D eigenvalue weighted by Crippen LogP contribution is 2.60. The zero-order valence-electron chi connectivity index (χ0n) is 33.5. The van der Waals surface area contributed by atoms with Crippen LogP contribution in [0.1, 0.15) is 39.3 Å². The van der Waals surface area contributed by atoms with Gasteiger partial charge in [-0.25, -0.2) is 0 Å². The molecule has 12 rings (SSSR count). The predicted octanol–water partition coefficient (Wildman–Crippen LogP) is 15.6. The van der Waals surface area contributed by atoms with E-state index in [2.05, 4.69) is 242 Å². The molecule has 1 heterocycles. The van der Waals surface area contributed by atoms with E-state index in [1.54, 1.807) is 0 Å². The van der Waals surface area contributed by atoms with Crippen LogP contribution in [0, 0.1) is 0 Å². The molecule has 0 amide bonds. The molecule has 3 aliphatic rings. The van der Waals surface area contributed by atoms with Gasteiger partial charge in [-0.2, -0.15) is 0 Å². The number of benzene rings is 9. The van der Waals surface area contributed by atoms with Crippen molar-refractivity contribution in [3.05, 3.63) is 270 Å². The average molecular weight is 796 g/mol. The van der Waals surface area contributed by atoms with Crippen molar-refractivity contribution in [2.45, 2.75) is 21.5 Å². The normalized spacial score (nSPS) is 16.6. The Morgan fingerprint density at radius 2 is 1.10 bits per heavy atom. The van der Waals surface area contributed by atoms with Crippen LogP contribution in [0.15, 0.2) is 242 Å². The summed E-state index contributed by atoms with van der Waals surface area (Å²) in [7, 11) is 0. The summed E-state index contributed by atoms with van der Waals surface area (Å²) in [6.07, 6.45) is 6.97. The summed E-state index contributed by atoms with van der Waals surface area (Å²) in [5, 5.41) is 2.85. The van der Waals surface area contributed by atoms with E-state index in [0.29, 0.717) is 11.2 Å². The topological polar surface area (TPSA) is 3.24 Å². The molecule has 1 aliphatic heterocycles. The van der Waals surface area contributed by atoms with Crippen molar-refractivity contribution in [1.82, 2.24) is 0 Å². The van der Waals surface area contributed by atoms with Crippen LogP contribution in [-0.2, 0) is 5.41 Å². The maximum atomic E-state index is 2.54. The van der Waals surface area contributed by atoms with E-state index in [1.165, 1.54) is 76.9 Å². The van der Waals surface area contributed by atoms with Crippen LogP contribution in [-0.4, -0.2) is 5.25 Å². The number of rotatable bonds is 7. The van der Waals surface area contributed by atoms with Crippen molar-refractivity contribution in [2.24, 2.45) is 0 Å². The molecule has 1 nitrogen and oxygen atoms in total. The van der Waals surface area contributed by atoms with Crippen molar-refractivity contribution < 1.29 is 0 Å². The standard InChI is InChI=1S/C59H41NS/c1-4-19-42(20-5-1)56-46-25-11-10-18-40(46)36-39-53(56)60(45-37-34-41(35-38-45)47-28-16-33-55-57(47)49-27-13-15-32-54(49)61-55)52-31-17-30-51-58(52)48-26-12-14-29-50(48)59(51,43-21-6-2-7-22-43)44-23-8-3-9-24-44/h1-39,55,57H. The van der Waals surface area contributed by atoms with Crippen molar-refractivity contribution in [2.75, 3.05) is 4.90 Å². The molecule has 61 heavy (non-hydrogen) atoms. The molecular formula is C59H41NS. The van der Waals surface area contributed by atoms with Crippen LogP contribution in [0.4, 0.5) is 17.1 Å². The monoisotopic (exact) mass is 795 g/mol. The van der Waals surface area contributed by atoms with Gasteiger partial charge >= 0.3 is 0 Å². The van der Waals surface area contributed by atoms with Crippen molar-refractivity contribution in [1.29, 1.82) is 0 Å². The van der Waals surface area contributed by atoms with Gasteiger partial charge in [0.2, 0.25) is 0 Å². The molecule has 2 heteroatoms. The summed E-state index contributed by atoms with van der Waals surface area (Å²) >= 11 is 1.99. The van der Waals surface area contributed by atoms with Crippen molar-refractivity contribution in [3.8, 4) is 22.3 Å². The minimum atomic E-state index is -0.515. The molecule has 2 unspecified atom stereocenters. The minimum absolute atomic E-state index is 0.330. The SMILES string of the molecule is C1=CC2Sc3ccccc3C2C(c2ccc(N(c3cccc4c3-c3ccccc3C4(c3ccccc3)c3ccccc3)c3ccc4ccccc4c3-c3ccccc3)cc2)=C1. The van der Waals surface area contributed by atoms with Crippen LogP contribution in [0.5, 0.6) is 0 Å². The first kappa shape index (κ1) is 35.8. The zero-order valence-corrected chi connectivity index (χ0v) is 34.3. The van der Waals surface area contributed by atoms with Crippen molar-refractivity contribution >= 4 is 45.2 Å². The maximum absolute atomic E-state index is 2.54. The molecule has 0 saturated carbocycles. The Morgan fingerprint density at radius 3 is 1.89 bits per heavy atom. The Balaban J connectivity index is 1.12. The smallest absolute Gasteiger partial charge is 0.0714 e. The number of hydrogen-bond donors (Lipinski definition) is 0. The summed E-state index contributed by atoms with van der Waals surface area (Å²) in [5.41, 5.74) is 17.0. The first-order chi connectivity index (χ1) is 30.3. The highest BCUT2D eigenvalue weighted by Gasteiger charge is 2.47. The van der Waals surface area contributed by atoms with Gasteiger partial charge in [0.05, 0.1) is 16.8 Å². The number of hydrogen-bond acceptors (Lipinski definition) is 2. The molecule has 2 atom stereocenters.